The van der Waals surface area contributed by atoms with Gasteiger partial charge in [0, 0.05) is 60.1 Å². The van der Waals surface area contributed by atoms with E-state index in [2.05, 4.69) is 26.6 Å². The summed E-state index contributed by atoms with van der Waals surface area (Å²) in [5.74, 6) is -3.59. The molecule has 23 nitrogen and oxygen atoms in total. The van der Waals surface area contributed by atoms with Gasteiger partial charge in [0.15, 0.2) is 0 Å². The number of anilines is 1. The Bertz CT molecular complexity index is 2500. The second kappa shape index (κ2) is 36.2. The van der Waals surface area contributed by atoms with Gasteiger partial charge in [-0.3, -0.25) is 28.8 Å². The van der Waals surface area contributed by atoms with E-state index >= 15 is 0 Å². The van der Waals surface area contributed by atoms with Crippen molar-refractivity contribution in [3.05, 3.63) is 65.7 Å². The number of nitrogens with two attached hydrogens (primary N) is 1. The topological polar surface area (TPSA) is 299 Å². The van der Waals surface area contributed by atoms with Crippen molar-refractivity contribution >= 4 is 53.3 Å². The van der Waals surface area contributed by atoms with Crippen LogP contribution in [0, 0.1) is 23.7 Å². The lowest BCUT2D eigenvalue weighted by Gasteiger charge is -2.41. The van der Waals surface area contributed by atoms with E-state index in [0.717, 1.165) is 5.56 Å². The van der Waals surface area contributed by atoms with Crippen LogP contribution in [0.15, 0.2) is 54.6 Å². The van der Waals surface area contributed by atoms with E-state index in [4.69, 9.17) is 29.4 Å². The predicted molar refractivity (Wildman–Crippen MR) is 333 cm³/mol. The number of primary amides is 1. The molecule has 0 aliphatic carbocycles. The number of likely N-dealkylation sites (tertiary alicyclic amines) is 1. The minimum absolute atomic E-state index is 0.0139. The molecule has 0 unspecified atom stereocenters. The van der Waals surface area contributed by atoms with Crippen LogP contribution in [0.25, 0.3) is 0 Å². The number of benzene rings is 2. The number of carbonyl (C=O) groups is 8. The third kappa shape index (κ3) is 24.2. The zero-order valence-electron chi connectivity index (χ0n) is 54.7. The van der Waals surface area contributed by atoms with E-state index < -0.39 is 89.6 Å². The predicted octanol–water partition coefficient (Wildman–Crippen LogP) is 6.45. The largest absolute Gasteiger partial charge is 0.445 e. The molecule has 3 rings (SSSR count). The Morgan fingerprint density at radius 1 is 0.782 bits per heavy atom. The Morgan fingerprint density at radius 2 is 1.44 bits per heavy atom. The average molecular weight is 1220 g/mol. The first-order chi connectivity index (χ1) is 40.9. The fourth-order valence-electron chi connectivity index (χ4n) is 10.8. The van der Waals surface area contributed by atoms with Crippen LogP contribution >= 0.6 is 0 Å². The first-order valence-corrected chi connectivity index (χ1v) is 30.7. The molecule has 0 saturated carbocycles. The van der Waals surface area contributed by atoms with Gasteiger partial charge < -0.3 is 75.8 Å². The summed E-state index contributed by atoms with van der Waals surface area (Å²) < 4.78 is 29.8. The minimum Gasteiger partial charge on any atom is -0.445 e. The van der Waals surface area contributed by atoms with E-state index in [9.17, 15) is 43.5 Å². The molecule has 0 spiro atoms. The van der Waals surface area contributed by atoms with Crippen molar-refractivity contribution in [2.45, 2.75) is 201 Å². The number of aliphatic hydroxyl groups is 1. The highest BCUT2D eigenvalue weighted by Gasteiger charge is 2.44. The smallest absolute Gasteiger partial charge is 0.407 e. The Balaban J connectivity index is 1.56. The number of ether oxygens (including phenoxy) is 5. The Hall–Kier alpha value is -6.40. The maximum Gasteiger partial charge on any atom is 0.407 e. The molecule has 0 aromatic heterocycles. The third-order valence-corrected chi connectivity index (χ3v) is 16.3. The van der Waals surface area contributed by atoms with E-state index in [1.807, 2.05) is 73.6 Å². The number of rotatable bonds is 37. The molecule has 0 radical (unpaired) electrons. The van der Waals surface area contributed by atoms with Crippen LogP contribution in [0.4, 0.5) is 15.3 Å². The number of hydrogen-bond acceptors (Lipinski definition) is 14. The summed E-state index contributed by atoms with van der Waals surface area (Å²) in [6.45, 7) is 22.9. The first-order valence-electron chi connectivity index (χ1n) is 30.7. The summed E-state index contributed by atoms with van der Waals surface area (Å²) in [5.41, 5.74) is 5.39. The number of alkyl carbamates (subject to hydrolysis) is 1. The monoisotopic (exact) mass is 1220 g/mol. The molecule has 87 heavy (non-hydrogen) atoms. The molecule has 1 fully saturated rings. The van der Waals surface area contributed by atoms with Gasteiger partial charge in [0.05, 0.1) is 66.6 Å². The number of aliphatic hydroxyl groups excluding tert-OH is 1. The molecular formula is C64H105N9O14. The van der Waals surface area contributed by atoms with Gasteiger partial charge in [0.2, 0.25) is 35.4 Å². The minimum atomic E-state index is -1.01. The van der Waals surface area contributed by atoms with Crippen molar-refractivity contribution in [1.82, 2.24) is 36.0 Å². The molecule has 2 aromatic rings. The van der Waals surface area contributed by atoms with E-state index in [1.54, 1.807) is 80.9 Å². The summed E-state index contributed by atoms with van der Waals surface area (Å²) in [4.78, 5) is 111. The van der Waals surface area contributed by atoms with E-state index in [1.165, 1.54) is 26.2 Å². The number of unbranched alkanes of at least 4 members (excludes halogenated alkanes) is 1. The fourth-order valence-corrected chi connectivity index (χ4v) is 10.8. The number of urea groups is 1. The molecule has 0 bridgehead atoms. The van der Waals surface area contributed by atoms with Gasteiger partial charge in [0.1, 0.15) is 25.3 Å². The maximum absolute atomic E-state index is 14.8. The van der Waals surface area contributed by atoms with E-state index in [-0.39, 0.29) is 80.6 Å². The molecule has 10 atom stereocenters. The standard InChI is InChI=1S/C64H105N9O14/c1-17-42(6)55(49(83-15)36-51(75)73-35-23-26-48(73)57(84-16)43(7)58(78)68-44(8)56(77)46-24-19-18-20-25-46)72(14)60(80)53(40(2)3)70-59(79)54(41(4)5)71(13)52(76)38-86-64(11,12)39-87-63(9,10)32-34-67-62(82)85-37-45-28-30-47(31-29-45)69-50(74)27-21-22-33-66-61(65)81/h18-20,24-25,28-31,40-44,48-49,53-57,77H,17,21-23,26-27,32-39H2,1-16H3,(H,67,82)(H,68,78)(H,69,74)(H,70,79)(H3,65,66,81)/t42-,43+,44+,48-,49+,53-,54-,55-,56+,57+/m0/s1. The zero-order valence-corrected chi connectivity index (χ0v) is 54.7. The summed E-state index contributed by atoms with van der Waals surface area (Å²) in [7, 11) is 6.24. The summed E-state index contributed by atoms with van der Waals surface area (Å²) in [5, 5.41) is 24.9. The van der Waals surface area contributed by atoms with Crippen LogP contribution < -0.4 is 32.3 Å². The van der Waals surface area contributed by atoms with Crippen LogP contribution in [0.1, 0.15) is 152 Å². The highest BCUT2D eigenvalue weighted by atomic mass is 16.6. The maximum atomic E-state index is 14.8. The van der Waals surface area contributed by atoms with Gasteiger partial charge in [0.25, 0.3) is 0 Å². The van der Waals surface area contributed by atoms with Crippen LogP contribution in [-0.2, 0) is 59.1 Å². The molecule has 8 N–H and O–H groups in total. The number of methoxy groups -OCH3 is 2. The van der Waals surface area contributed by atoms with Crippen molar-refractivity contribution in [2.75, 3.05) is 66.5 Å². The lowest BCUT2D eigenvalue weighted by Crippen LogP contribution is -2.60. The third-order valence-electron chi connectivity index (χ3n) is 16.3. The zero-order chi connectivity index (χ0) is 65.3. The summed E-state index contributed by atoms with van der Waals surface area (Å²) >= 11 is 0. The Morgan fingerprint density at radius 3 is 2.02 bits per heavy atom. The number of hydrogen-bond donors (Lipinski definition) is 7. The quantitative estimate of drug-likeness (QED) is 0.0358. The van der Waals surface area contributed by atoms with Crippen molar-refractivity contribution < 1.29 is 67.1 Å². The number of carbonyl (C=O) groups excluding carboxylic acids is 8. The molecule has 1 saturated heterocycles. The fraction of sp³-hybridized carbons (Fsp3) is 0.688. The van der Waals surface area contributed by atoms with Crippen molar-refractivity contribution in [3.63, 3.8) is 0 Å². The SMILES string of the molecule is CC[C@H](C)[C@@H]([C@@H](CC(=O)N1CCC[C@H]1[C@H](OC)[C@@H](C)C(=O)N[C@H](C)[C@@H](O)c1ccccc1)OC)N(C)C(=O)[C@@H](NC(=O)[C@H](C(C)C)N(C)C(=O)COC(C)(C)COC(C)(C)CCNC(=O)OCc1ccc(NC(=O)CCCCNC(N)=O)cc1)C(C)C. The Labute approximate surface area is 516 Å². The highest BCUT2D eigenvalue weighted by molar-refractivity contribution is 5.93. The van der Waals surface area contributed by atoms with Gasteiger partial charge in [-0.15, -0.1) is 0 Å². The van der Waals surface area contributed by atoms with E-state index in [0.29, 0.717) is 62.9 Å². The normalized spacial score (nSPS) is 16.7. The van der Waals surface area contributed by atoms with Crippen LogP contribution in [0.5, 0.6) is 0 Å². The molecule has 1 aliphatic rings. The number of likely N-dealkylation sites (N-methyl/N-ethyl adjacent to an activating group) is 2. The Kier molecular flexibility index (Phi) is 31.1. The average Bonchev–Trinajstić information content (AvgIpc) is 2.67. The van der Waals surface area contributed by atoms with Gasteiger partial charge in [-0.1, -0.05) is 97.4 Å². The van der Waals surface area contributed by atoms with Gasteiger partial charge in [-0.2, -0.15) is 0 Å². The molecule has 1 aliphatic heterocycles. The first kappa shape index (κ1) is 74.9. The molecule has 23 heteroatoms. The highest BCUT2D eigenvalue weighted by Crippen LogP contribution is 2.31. The summed E-state index contributed by atoms with van der Waals surface area (Å²) in [6, 6.07) is 11.9. The molecular weight excluding hydrogens is 1120 g/mol. The number of nitrogens with one attached hydrogen (secondary N) is 5. The van der Waals surface area contributed by atoms with Gasteiger partial charge in [-0.05, 0) is 108 Å². The number of amides is 9. The van der Waals surface area contributed by atoms with Crippen LogP contribution in [-0.4, -0.2) is 182 Å². The molecule has 1 heterocycles. The van der Waals surface area contributed by atoms with Crippen molar-refractivity contribution in [2.24, 2.45) is 29.4 Å². The molecule has 490 valence electrons. The van der Waals surface area contributed by atoms with Gasteiger partial charge in [-0.25, -0.2) is 9.59 Å². The van der Waals surface area contributed by atoms with Crippen LogP contribution in [0.2, 0.25) is 0 Å². The van der Waals surface area contributed by atoms with Crippen LogP contribution in [0.3, 0.4) is 0 Å². The second-order valence-electron chi connectivity index (χ2n) is 25.0. The lowest BCUT2D eigenvalue weighted by molar-refractivity contribution is -0.156. The molecule has 9 amide bonds. The van der Waals surface area contributed by atoms with Crippen molar-refractivity contribution in [3.8, 4) is 0 Å². The second-order valence-corrected chi connectivity index (χ2v) is 25.0. The number of nitrogens with zero attached hydrogens (tertiary/aromatic N) is 3. The van der Waals surface area contributed by atoms with Gasteiger partial charge >= 0.3 is 12.1 Å². The lowest BCUT2D eigenvalue weighted by atomic mass is 9.89. The van der Waals surface area contributed by atoms with Crippen molar-refractivity contribution in [1.29, 1.82) is 0 Å². The molecule has 2 aromatic carbocycles. The summed E-state index contributed by atoms with van der Waals surface area (Å²) in [6.07, 6.45) is 0.886.